The minimum atomic E-state index is -0.347. The van der Waals surface area contributed by atoms with Gasteiger partial charge in [0.05, 0.1) is 6.54 Å². The lowest BCUT2D eigenvalue weighted by Gasteiger charge is -2.19. The molecule has 1 aromatic rings. The van der Waals surface area contributed by atoms with Crippen LogP contribution in [-0.4, -0.2) is 43.4 Å². The van der Waals surface area contributed by atoms with Crippen molar-refractivity contribution in [3.8, 4) is 0 Å². The fourth-order valence-electron chi connectivity index (χ4n) is 2.27. The first-order valence-electron chi connectivity index (χ1n) is 6.73. The summed E-state index contributed by atoms with van der Waals surface area (Å²) in [6, 6.07) is 7.22. The molecule has 0 radical (unpaired) electrons. The Morgan fingerprint density at radius 2 is 2.00 bits per heavy atom. The summed E-state index contributed by atoms with van der Waals surface area (Å²) in [6.07, 6.45) is 0.624. The Hall–Kier alpha value is -1.63. The van der Waals surface area contributed by atoms with E-state index < -0.39 is 0 Å². The summed E-state index contributed by atoms with van der Waals surface area (Å²) in [7, 11) is 3.17. The molecule has 2 rings (SSSR count). The molecule has 2 amide bonds. The number of carbonyl (C=O) groups is 2. The largest absolute Gasteiger partial charge is 0.358 e. The van der Waals surface area contributed by atoms with Gasteiger partial charge in [0.1, 0.15) is 6.04 Å². The van der Waals surface area contributed by atoms with Crippen molar-refractivity contribution in [2.45, 2.75) is 18.5 Å². The minimum Gasteiger partial charge on any atom is -0.358 e. The molecular formula is C14H19ClN4O2. The van der Waals surface area contributed by atoms with E-state index in [2.05, 4.69) is 16.2 Å². The second-order valence-corrected chi connectivity index (χ2v) is 5.49. The average Bonchev–Trinajstić information content (AvgIpc) is 2.96. The predicted molar refractivity (Wildman–Crippen MR) is 80.6 cm³/mol. The summed E-state index contributed by atoms with van der Waals surface area (Å²) in [5.74, 6) is -0.298. The molecule has 1 aliphatic rings. The van der Waals surface area contributed by atoms with Crippen molar-refractivity contribution in [3.63, 3.8) is 0 Å². The monoisotopic (exact) mass is 310 g/mol. The standard InChI is InChI=1S/C14H19ClN4O2/c1-16-13(20)8-19(2)14(21)12-7-11(17-18-12)9-3-5-10(15)6-4-9/h3-6,11-12,17-18H,7-8H2,1-2H3,(H,16,20). The van der Waals surface area contributed by atoms with E-state index in [1.54, 1.807) is 14.1 Å². The van der Waals surface area contributed by atoms with Crippen molar-refractivity contribution in [2.24, 2.45) is 0 Å². The quantitative estimate of drug-likeness (QED) is 0.755. The van der Waals surface area contributed by atoms with Gasteiger partial charge in [0.25, 0.3) is 0 Å². The van der Waals surface area contributed by atoms with Crippen molar-refractivity contribution in [1.82, 2.24) is 21.1 Å². The summed E-state index contributed by atoms with van der Waals surface area (Å²) >= 11 is 5.87. The molecule has 6 nitrogen and oxygen atoms in total. The zero-order chi connectivity index (χ0) is 15.4. The van der Waals surface area contributed by atoms with Crippen LogP contribution in [0.2, 0.25) is 5.02 Å². The van der Waals surface area contributed by atoms with Crippen LogP contribution in [0.5, 0.6) is 0 Å². The number of nitrogens with one attached hydrogen (secondary N) is 3. The molecule has 1 aromatic carbocycles. The third-order valence-corrected chi connectivity index (χ3v) is 3.76. The second-order valence-electron chi connectivity index (χ2n) is 5.05. The van der Waals surface area contributed by atoms with Gasteiger partial charge in [0.15, 0.2) is 0 Å². The van der Waals surface area contributed by atoms with Gasteiger partial charge in [-0.1, -0.05) is 23.7 Å². The van der Waals surface area contributed by atoms with Crippen LogP contribution in [0, 0.1) is 0 Å². The number of rotatable bonds is 4. The summed E-state index contributed by atoms with van der Waals surface area (Å²) < 4.78 is 0. The molecule has 3 N–H and O–H groups in total. The highest BCUT2D eigenvalue weighted by Crippen LogP contribution is 2.24. The van der Waals surface area contributed by atoms with Crippen LogP contribution in [0.15, 0.2) is 24.3 Å². The Kier molecular flexibility index (Phi) is 5.17. The molecule has 1 aliphatic heterocycles. The molecule has 7 heteroatoms. The van der Waals surface area contributed by atoms with Crippen molar-refractivity contribution in [3.05, 3.63) is 34.9 Å². The van der Waals surface area contributed by atoms with Gasteiger partial charge in [-0.15, -0.1) is 0 Å². The zero-order valence-electron chi connectivity index (χ0n) is 12.0. The Morgan fingerprint density at radius 1 is 1.33 bits per heavy atom. The van der Waals surface area contributed by atoms with Crippen LogP contribution < -0.4 is 16.2 Å². The average molecular weight is 311 g/mol. The molecule has 2 unspecified atom stereocenters. The molecule has 0 aliphatic carbocycles. The number of benzene rings is 1. The first kappa shape index (κ1) is 15.8. The maximum Gasteiger partial charge on any atom is 0.241 e. The summed E-state index contributed by atoms with van der Waals surface area (Å²) in [4.78, 5) is 25.0. The van der Waals surface area contributed by atoms with Crippen molar-refractivity contribution in [2.75, 3.05) is 20.6 Å². The molecule has 21 heavy (non-hydrogen) atoms. The van der Waals surface area contributed by atoms with Crippen LogP contribution in [0.1, 0.15) is 18.0 Å². The summed E-state index contributed by atoms with van der Waals surface area (Å²) in [5.41, 5.74) is 7.16. The van der Waals surface area contributed by atoms with Gasteiger partial charge in [-0.2, -0.15) is 0 Å². The predicted octanol–water partition coefficient (Wildman–Crippen LogP) is 0.452. The first-order chi connectivity index (χ1) is 10.0. The van der Waals surface area contributed by atoms with Gasteiger partial charge in [-0.05, 0) is 24.1 Å². The number of amides is 2. The topological polar surface area (TPSA) is 73.5 Å². The summed E-state index contributed by atoms with van der Waals surface area (Å²) in [6.45, 7) is 0.0547. The number of hydrogen-bond donors (Lipinski definition) is 3. The molecular weight excluding hydrogens is 292 g/mol. The number of hydrogen-bond acceptors (Lipinski definition) is 4. The van der Waals surface area contributed by atoms with Crippen LogP contribution in [0.3, 0.4) is 0 Å². The highest BCUT2D eigenvalue weighted by Gasteiger charge is 2.32. The first-order valence-corrected chi connectivity index (χ1v) is 7.11. The van der Waals surface area contributed by atoms with E-state index in [0.29, 0.717) is 11.4 Å². The van der Waals surface area contributed by atoms with Gasteiger partial charge < -0.3 is 10.2 Å². The third kappa shape index (κ3) is 3.93. The van der Waals surface area contributed by atoms with Crippen molar-refractivity contribution in [1.29, 1.82) is 0 Å². The van der Waals surface area contributed by atoms with E-state index >= 15 is 0 Å². The van der Waals surface area contributed by atoms with Crippen molar-refractivity contribution >= 4 is 23.4 Å². The lowest BCUT2D eigenvalue weighted by atomic mass is 10.0. The van der Waals surface area contributed by atoms with Crippen molar-refractivity contribution < 1.29 is 9.59 Å². The number of likely N-dealkylation sites (N-methyl/N-ethyl adjacent to an activating group) is 2. The second kappa shape index (κ2) is 6.89. The molecule has 1 heterocycles. The van der Waals surface area contributed by atoms with Crippen LogP contribution in [0.25, 0.3) is 0 Å². The minimum absolute atomic E-state index is 0.0459. The fraction of sp³-hybridized carbons (Fsp3) is 0.429. The lowest BCUT2D eigenvalue weighted by molar-refractivity contribution is -0.136. The highest BCUT2D eigenvalue weighted by molar-refractivity contribution is 6.30. The number of nitrogens with zero attached hydrogens (tertiary/aromatic N) is 1. The molecule has 0 saturated carbocycles. The highest BCUT2D eigenvalue weighted by atomic mass is 35.5. The van der Waals surface area contributed by atoms with E-state index in [1.807, 2.05) is 24.3 Å². The van der Waals surface area contributed by atoms with E-state index in [4.69, 9.17) is 11.6 Å². The Balaban J connectivity index is 1.93. The Labute approximate surface area is 128 Å². The number of hydrazine groups is 1. The molecule has 0 aromatic heterocycles. The molecule has 2 atom stereocenters. The van der Waals surface area contributed by atoms with Gasteiger partial charge in [0.2, 0.25) is 11.8 Å². The lowest BCUT2D eigenvalue weighted by Crippen LogP contribution is -2.46. The van der Waals surface area contributed by atoms with E-state index in [1.165, 1.54) is 4.90 Å². The van der Waals surface area contributed by atoms with Crippen LogP contribution in [-0.2, 0) is 9.59 Å². The van der Waals surface area contributed by atoms with E-state index in [-0.39, 0.29) is 30.4 Å². The zero-order valence-corrected chi connectivity index (χ0v) is 12.8. The molecule has 114 valence electrons. The maximum absolute atomic E-state index is 12.3. The van der Waals surface area contributed by atoms with Gasteiger partial charge in [-0.25, -0.2) is 10.9 Å². The Bertz CT molecular complexity index is 520. The van der Waals surface area contributed by atoms with E-state index in [0.717, 1.165) is 5.56 Å². The van der Waals surface area contributed by atoms with E-state index in [9.17, 15) is 9.59 Å². The van der Waals surface area contributed by atoms with Gasteiger partial charge in [0, 0.05) is 25.2 Å². The smallest absolute Gasteiger partial charge is 0.241 e. The molecule has 1 fully saturated rings. The third-order valence-electron chi connectivity index (χ3n) is 3.51. The number of carbonyl (C=O) groups excluding carboxylic acids is 2. The van der Waals surface area contributed by atoms with Gasteiger partial charge >= 0.3 is 0 Å². The normalized spacial score (nSPS) is 21.1. The molecule has 1 saturated heterocycles. The number of halogens is 1. The van der Waals surface area contributed by atoms with Crippen LogP contribution in [0.4, 0.5) is 0 Å². The van der Waals surface area contributed by atoms with Gasteiger partial charge in [-0.3, -0.25) is 9.59 Å². The Morgan fingerprint density at radius 3 is 2.62 bits per heavy atom. The SMILES string of the molecule is CNC(=O)CN(C)C(=O)C1CC(c2ccc(Cl)cc2)NN1. The fourth-order valence-corrected chi connectivity index (χ4v) is 2.40. The molecule has 0 bridgehead atoms. The van der Waals surface area contributed by atoms with Crippen LogP contribution >= 0.6 is 11.6 Å². The maximum atomic E-state index is 12.3. The molecule has 0 spiro atoms. The summed E-state index contributed by atoms with van der Waals surface area (Å²) in [5, 5.41) is 3.18.